The summed E-state index contributed by atoms with van der Waals surface area (Å²) < 4.78 is 15.1. The van der Waals surface area contributed by atoms with E-state index in [2.05, 4.69) is 4.98 Å². The van der Waals surface area contributed by atoms with E-state index in [4.69, 9.17) is 14.2 Å². The highest BCUT2D eigenvalue weighted by Crippen LogP contribution is 2.28. The number of aromatic nitrogens is 1. The minimum absolute atomic E-state index is 0.218. The molecule has 0 unspecified atom stereocenters. The van der Waals surface area contributed by atoms with Gasteiger partial charge >= 0.3 is 5.97 Å². The number of carbonyl (C=O) groups is 1. The van der Waals surface area contributed by atoms with Crippen LogP contribution in [-0.4, -0.2) is 32.3 Å². The maximum Gasteiger partial charge on any atom is 0.356 e. The van der Waals surface area contributed by atoms with Crippen LogP contribution in [-0.2, 0) is 16.1 Å². The molecule has 0 bridgehead atoms. The quantitative estimate of drug-likeness (QED) is 0.789. The van der Waals surface area contributed by atoms with Crippen LogP contribution in [0.25, 0.3) is 10.9 Å². The van der Waals surface area contributed by atoms with Crippen molar-refractivity contribution in [1.82, 2.24) is 4.98 Å². The van der Waals surface area contributed by atoms with Gasteiger partial charge in [-0.25, -0.2) is 9.78 Å². The second-order valence-corrected chi connectivity index (χ2v) is 3.95. The van der Waals surface area contributed by atoms with E-state index in [1.807, 2.05) is 18.2 Å². The second kappa shape index (κ2) is 5.67. The van der Waals surface area contributed by atoms with Crippen LogP contribution in [0, 0.1) is 0 Å². The predicted octanol–water partition coefficient (Wildman–Crippen LogP) is 2.18. The fraction of sp³-hybridized carbons (Fsp3) is 0.286. The van der Waals surface area contributed by atoms with Crippen LogP contribution >= 0.6 is 0 Å². The SMILES string of the molecule is COCc1cccc2c(OC)cc(C(=O)OC)nc12. The number of hydrogen-bond acceptors (Lipinski definition) is 5. The Morgan fingerprint density at radius 1 is 1.26 bits per heavy atom. The van der Waals surface area contributed by atoms with Gasteiger partial charge in [-0.2, -0.15) is 0 Å². The third-order valence-corrected chi connectivity index (χ3v) is 2.80. The third-order valence-electron chi connectivity index (χ3n) is 2.80. The molecule has 1 heterocycles. The molecule has 5 heteroatoms. The van der Waals surface area contributed by atoms with Crippen molar-refractivity contribution < 1.29 is 19.0 Å². The molecule has 1 aromatic carbocycles. The topological polar surface area (TPSA) is 57.7 Å². The van der Waals surface area contributed by atoms with Crippen molar-refractivity contribution in [3.63, 3.8) is 0 Å². The van der Waals surface area contributed by atoms with Gasteiger partial charge in [-0.1, -0.05) is 12.1 Å². The second-order valence-electron chi connectivity index (χ2n) is 3.95. The van der Waals surface area contributed by atoms with Crippen molar-refractivity contribution in [3.8, 4) is 5.75 Å². The summed E-state index contributed by atoms with van der Waals surface area (Å²) in [7, 11) is 4.49. The van der Waals surface area contributed by atoms with Crippen molar-refractivity contribution in [2.24, 2.45) is 0 Å². The predicted molar refractivity (Wildman–Crippen MR) is 70.3 cm³/mol. The molecule has 5 nitrogen and oxygen atoms in total. The smallest absolute Gasteiger partial charge is 0.356 e. The van der Waals surface area contributed by atoms with Crippen LogP contribution in [0.1, 0.15) is 16.1 Å². The maximum atomic E-state index is 11.6. The molecule has 0 aliphatic carbocycles. The molecular weight excluding hydrogens is 246 g/mol. The standard InChI is InChI=1S/C14H15NO4/c1-17-8-9-5-4-6-10-12(18-2)7-11(14(16)19-3)15-13(9)10/h4-7H,8H2,1-3H3. The highest BCUT2D eigenvalue weighted by atomic mass is 16.5. The van der Waals surface area contributed by atoms with E-state index in [-0.39, 0.29) is 5.69 Å². The van der Waals surface area contributed by atoms with Crippen molar-refractivity contribution in [2.75, 3.05) is 21.3 Å². The molecule has 0 saturated carbocycles. The largest absolute Gasteiger partial charge is 0.496 e. The molecule has 1 aromatic heterocycles. The number of nitrogens with zero attached hydrogens (tertiary/aromatic N) is 1. The molecule has 0 spiro atoms. The van der Waals surface area contributed by atoms with Crippen molar-refractivity contribution in [3.05, 3.63) is 35.5 Å². The molecule has 2 aromatic rings. The summed E-state index contributed by atoms with van der Waals surface area (Å²) in [4.78, 5) is 16.0. The van der Waals surface area contributed by atoms with Gasteiger partial charge in [-0.05, 0) is 6.07 Å². The van der Waals surface area contributed by atoms with Gasteiger partial charge in [-0.3, -0.25) is 0 Å². The summed E-state index contributed by atoms with van der Waals surface area (Å²) in [6.45, 7) is 0.415. The number of fused-ring (bicyclic) bond motifs is 1. The number of benzene rings is 1. The molecule has 19 heavy (non-hydrogen) atoms. The number of carbonyl (C=O) groups excluding carboxylic acids is 1. The van der Waals surface area contributed by atoms with Crippen LogP contribution < -0.4 is 4.74 Å². The maximum absolute atomic E-state index is 11.6. The summed E-state index contributed by atoms with van der Waals surface area (Å²) in [6, 6.07) is 7.27. The molecular formula is C14H15NO4. The zero-order valence-electron chi connectivity index (χ0n) is 11.1. The van der Waals surface area contributed by atoms with Gasteiger partial charge in [0.05, 0.1) is 26.3 Å². The fourth-order valence-corrected chi connectivity index (χ4v) is 1.93. The molecule has 100 valence electrons. The average Bonchev–Trinajstić information content (AvgIpc) is 2.46. The molecule has 0 N–H and O–H groups in total. The monoisotopic (exact) mass is 261 g/mol. The number of hydrogen-bond donors (Lipinski definition) is 0. The number of ether oxygens (including phenoxy) is 3. The Morgan fingerprint density at radius 2 is 2.05 bits per heavy atom. The number of esters is 1. The van der Waals surface area contributed by atoms with E-state index in [9.17, 15) is 4.79 Å². The number of para-hydroxylation sites is 1. The van der Waals surface area contributed by atoms with Gasteiger partial charge < -0.3 is 14.2 Å². The zero-order chi connectivity index (χ0) is 13.8. The summed E-state index contributed by atoms with van der Waals surface area (Å²) in [6.07, 6.45) is 0. The minimum atomic E-state index is -0.493. The Hall–Kier alpha value is -2.14. The van der Waals surface area contributed by atoms with Crippen molar-refractivity contribution >= 4 is 16.9 Å². The molecule has 0 aliphatic heterocycles. The third kappa shape index (κ3) is 2.51. The van der Waals surface area contributed by atoms with E-state index in [1.165, 1.54) is 7.11 Å². The van der Waals surface area contributed by atoms with Crippen molar-refractivity contribution in [2.45, 2.75) is 6.61 Å². The Kier molecular flexibility index (Phi) is 3.97. The van der Waals surface area contributed by atoms with Gasteiger partial charge in [0, 0.05) is 24.1 Å². The lowest BCUT2D eigenvalue weighted by Gasteiger charge is -2.10. The van der Waals surface area contributed by atoms with E-state index in [0.29, 0.717) is 17.9 Å². The van der Waals surface area contributed by atoms with Crippen LogP contribution in [0.4, 0.5) is 0 Å². The van der Waals surface area contributed by atoms with Crippen LogP contribution in [0.5, 0.6) is 5.75 Å². The van der Waals surface area contributed by atoms with E-state index in [1.54, 1.807) is 20.3 Å². The van der Waals surface area contributed by atoms with Crippen LogP contribution in [0.15, 0.2) is 24.3 Å². The Labute approximate surface area is 111 Å². The molecule has 0 radical (unpaired) electrons. The molecule has 0 saturated heterocycles. The lowest BCUT2D eigenvalue weighted by molar-refractivity contribution is 0.0594. The Balaban J connectivity index is 2.70. The van der Waals surface area contributed by atoms with Gasteiger partial charge in [0.2, 0.25) is 0 Å². The summed E-state index contributed by atoms with van der Waals surface area (Å²) >= 11 is 0. The highest BCUT2D eigenvalue weighted by molar-refractivity contribution is 5.95. The first-order chi connectivity index (χ1) is 9.21. The van der Waals surface area contributed by atoms with E-state index >= 15 is 0 Å². The summed E-state index contributed by atoms with van der Waals surface area (Å²) in [5, 5.41) is 0.838. The minimum Gasteiger partial charge on any atom is -0.496 e. The van der Waals surface area contributed by atoms with Crippen LogP contribution in [0.2, 0.25) is 0 Å². The number of rotatable bonds is 4. The fourth-order valence-electron chi connectivity index (χ4n) is 1.93. The Bertz CT molecular complexity index is 610. The average molecular weight is 261 g/mol. The molecule has 2 rings (SSSR count). The molecule has 0 fully saturated rings. The first kappa shape index (κ1) is 13.3. The van der Waals surface area contributed by atoms with E-state index < -0.39 is 5.97 Å². The molecule has 0 atom stereocenters. The lowest BCUT2D eigenvalue weighted by atomic mass is 10.1. The molecule has 0 aliphatic rings. The number of pyridine rings is 1. The normalized spacial score (nSPS) is 10.5. The summed E-state index contributed by atoms with van der Waals surface area (Å²) in [5.41, 5.74) is 1.79. The van der Waals surface area contributed by atoms with Gasteiger partial charge in [0.15, 0.2) is 5.69 Å². The first-order valence-electron chi connectivity index (χ1n) is 5.75. The Morgan fingerprint density at radius 3 is 2.68 bits per heavy atom. The first-order valence-corrected chi connectivity index (χ1v) is 5.75. The zero-order valence-corrected chi connectivity index (χ0v) is 11.1. The lowest BCUT2D eigenvalue weighted by Crippen LogP contribution is -2.06. The summed E-state index contributed by atoms with van der Waals surface area (Å²) in [5.74, 6) is 0.0933. The van der Waals surface area contributed by atoms with Crippen molar-refractivity contribution in [1.29, 1.82) is 0 Å². The van der Waals surface area contributed by atoms with Gasteiger partial charge in [0.1, 0.15) is 5.75 Å². The van der Waals surface area contributed by atoms with Gasteiger partial charge in [0.25, 0.3) is 0 Å². The molecule has 0 amide bonds. The highest BCUT2D eigenvalue weighted by Gasteiger charge is 2.14. The van der Waals surface area contributed by atoms with E-state index in [0.717, 1.165) is 10.9 Å². The van der Waals surface area contributed by atoms with Crippen LogP contribution in [0.3, 0.4) is 0 Å². The van der Waals surface area contributed by atoms with Gasteiger partial charge in [-0.15, -0.1) is 0 Å². The number of methoxy groups -OCH3 is 3.